The molecule has 0 fully saturated rings. The van der Waals surface area contributed by atoms with Gasteiger partial charge < -0.3 is 5.73 Å². The fraction of sp³-hybridized carbons (Fsp3) is 1.00. The normalized spacial score (nSPS) is 18.0. The van der Waals surface area contributed by atoms with Gasteiger partial charge in [0.25, 0.3) is 0 Å². The molecule has 0 rings (SSSR count). The molecule has 29 heavy (non-hydrogen) atoms. The van der Waals surface area contributed by atoms with Gasteiger partial charge in [-0.2, -0.15) is 57.1 Å². The molecule has 15 heteroatoms. The van der Waals surface area contributed by atoms with Crippen LogP contribution in [0.3, 0.4) is 0 Å². The van der Waals surface area contributed by atoms with Crippen LogP contribution in [-0.4, -0.2) is 49.0 Å². The molecule has 0 aromatic carbocycles. The third-order valence-electron chi connectivity index (χ3n) is 5.34. The summed E-state index contributed by atoms with van der Waals surface area (Å²) in [5, 5.41) is -1.17. The van der Waals surface area contributed by atoms with Crippen LogP contribution < -0.4 is 5.73 Å². The van der Waals surface area contributed by atoms with Crippen LogP contribution in [0.4, 0.5) is 57.1 Å². The Kier molecular flexibility index (Phi) is 7.26. The number of nitrogens with two attached hydrogens (primary N) is 1. The van der Waals surface area contributed by atoms with Gasteiger partial charge in [-0.15, -0.1) is 0 Å². The van der Waals surface area contributed by atoms with Gasteiger partial charge in [0.1, 0.15) is 0 Å². The Morgan fingerprint density at radius 1 is 0.655 bits per heavy atom. The van der Waals surface area contributed by atoms with E-state index in [9.17, 15) is 57.1 Å². The van der Waals surface area contributed by atoms with E-state index in [1.807, 2.05) is 0 Å². The predicted octanol–water partition coefficient (Wildman–Crippen LogP) is 6.49. The standard InChI is InChI=1S/C14H20F13NSi/c1-5-8(2,28)29(3,4)7-6-9(15,16)10(17,18)11(19,20)12(21,22)13(23,24)14(25,26)27/h5-7,28H2,1-4H3. The van der Waals surface area contributed by atoms with Crippen molar-refractivity contribution in [2.45, 2.75) is 86.8 Å². The van der Waals surface area contributed by atoms with Crippen molar-refractivity contribution in [1.29, 1.82) is 0 Å². The highest BCUT2D eigenvalue weighted by atomic mass is 28.3. The van der Waals surface area contributed by atoms with Gasteiger partial charge in [0, 0.05) is 11.6 Å². The maximum absolute atomic E-state index is 13.8. The van der Waals surface area contributed by atoms with Crippen molar-refractivity contribution in [2.24, 2.45) is 5.73 Å². The first kappa shape index (κ1) is 28.3. The van der Waals surface area contributed by atoms with Gasteiger partial charge in [0.2, 0.25) is 0 Å². The summed E-state index contributed by atoms with van der Waals surface area (Å²) in [5.74, 6) is -36.5. The summed E-state index contributed by atoms with van der Waals surface area (Å²) in [5.41, 5.74) is 5.83. The predicted molar refractivity (Wildman–Crippen MR) is 80.6 cm³/mol. The first-order valence-electron chi connectivity index (χ1n) is 8.01. The molecule has 176 valence electrons. The van der Waals surface area contributed by atoms with Crippen molar-refractivity contribution >= 4 is 8.07 Å². The van der Waals surface area contributed by atoms with Gasteiger partial charge in [0.15, 0.2) is 0 Å². The molecule has 0 aliphatic rings. The zero-order valence-electron chi connectivity index (χ0n) is 15.6. The average Bonchev–Trinajstić information content (AvgIpc) is 2.51. The topological polar surface area (TPSA) is 26.0 Å². The Hall–Kier alpha value is -0.733. The maximum Gasteiger partial charge on any atom is 0.460 e. The molecular weight excluding hydrogens is 457 g/mol. The highest BCUT2D eigenvalue weighted by molar-refractivity contribution is 6.80. The molecule has 0 aliphatic carbocycles. The van der Waals surface area contributed by atoms with Crippen molar-refractivity contribution in [3.63, 3.8) is 0 Å². The van der Waals surface area contributed by atoms with Crippen LogP contribution in [0.15, 0.2) is 0 Å². The molecule has 1 unspecified atom stereocenters. The number of halogens is 13. The number of alkyl halides is 13. The Morgan fingerprint density at radius 2 is 1.00 bits per heavy atom. The van der Waals surface area contributed by atoms with Crippen molar-refractivity contribution in [3.8, 4) is 0 Å². The van der Waals surface area contributed by atoms with Crippen LogP contribution in [0.5, 0.6) is 0 Å². The minimum absolute atomic E-state index is 0.153. The lowest BCUT2D eigenvalue weighted by atomic mass is 9.93. The van der Waals surface area contributed by atoms with Crippen molar-refractivity contribution < 1.29 is 57.1 Å². The second kappa shape index (κ2) is 7.45. The molecule has 0 saturated carbocycles. The van der Waals surface area contributed by atoms with Crippen LogP contribution in [0.1, 0.15) is 26.7 Å². The van der Waals surface area contributed by atoms with Gasteiger partial charge >= 0.3 is 35.8 Å². The largest absolute Gasteiger partial charge is 0.460 e. The fourth-order valence-electron chi connectivity index (χ4n) is 2.19. The van der Waals surface area contributed by atoms with Gasteiger partial charge in [-0.25, -0.2) is 0 Å². The number of hydrogen-bond donors (Lipinski definition) is 1. The Labute approximate surface area is 158 Å². The monoisotopic (exact) mass is 477 g/mol. The summed E-state index contributed by atoms with van der Waals surface area (Å²) >= 11 is 0. The summed E-state index contributed by atoms with van der Waals surface area (Å²) < 4.78 is 170. The molecule has 0 aliphatic heterocycles. The minimum Gasteiger partial charge on any atom is -0.328 e. The second-order valence-corrected chi connectivity index (χ2v) is 13.1. The highest BCUT2D eigenvalue weighted by Crippen LogP contribution is 2.61. The summed E-state index contributed by atoms with van der Waals surface area (Å²) in [7, 11) is -3.09. The van der Waals surface area contributed by atoms with Crippen molar-refractivity contribution in [3.05, 3.63) is 0 Å². The van der Waals surface area contributed by atoms with Crippen LogP contribution in [0.25, 0.3) is 0 Å². The molecule has 0 radical (unpaired) electrons. The van der Waals surface area contributed by atoms with E-state index in [1.165, 1.54) is 26.9 Å². The van der Waals surface area contributed by atoms with E-state index < -0.39 is 61.5 Å². The lowest BCUT2D eigenvalue weighted by Gasteiger charge is -2.42. The minimum atomic E-state index is -7.86. The third-order valence-corrected chi connectivity index (χ3v) is 10.3. The quantitative estimate of drug-likeness (QED) is 0.298. The second-order valence-electron chi connectivity index (χ2n) is 7.65. The smallest absolute Gasteiger partial charge is 0.328 e. The molecule has 1 atom stereocenters. The first-order chi connectivity index (χ1) is 12.3. The maximum atomic E-state index is 13.8. The Bertz CT molecular complexity index is 581. The van der Waals surface area contributed by atoms with E-state index in [2.05, 4.69) is 0 Å². The zero-order valence-corrected chi connectivity index (χ0v) is 16.6. The molecule has 0 saturated heterocycles. The van der Waals surface area contributed by atoms with Gasteiger partial charge in [-0.3, -0.25) is 0 Å². The average molecular weight is 477 g/mol. The lowest BCUT2D eigenvalue weighted by Crippen LogP contribution is -2.70. The Morgan fingerprint density at radius 3 is 1.31 bits per heavy atom. The molecule has 2 N–H and O–H groups in total. The number of rotatable bonds is 9. The molecule has 0 bridgehead atoms. The summed E-state index contributed by atoms with van der Waals surface area (Å²) in [6, 6.07) is -0.923. The van der Waals surface area contributed by atoms with Gasteiger partial charge in [-0.05, 0) is 19.4 Å². The summed E-state index contributed by atoms with van der Waals surface area (Å²) in [6.45, 7) is 5.50. The highest BCUT2D eigenvalue weighted by Gasteiger charge is 2.90. The summed E-state index contributed by atoms with van der Waals surface area (Å²) in [6.07, 6.45) is -9.42. The molecular formula is C14H20F13NSi. The molecule has 0 amide bonds. The van der Waals surface area contributed by atoms with Crippen LogP contribution in [0, 0.1) is 0 Å². The molecule has 0 heterocycles. The van der Waals surface area contributed by atoms with E-state index in [0.29, 0.717) is 0 Å². The van der Waals surface area contributed by atoms with Crippen molar-refractivity contribution in [1.82, 2.24) is 0 Å². The number of hydrogen-bond acceptors (Lipinski definition) is 1. The van der Waals surface area contributed by atoms with E-state index in [1.54, 1.807) is 0 Å². The zero-order chi connectivity index (χ0) is 24.1. The fourth-order valence-corrected chi connectivity index (χ4v) is 4.66. The third kappa shape index (κ3) is 4.35. The summed E-state index contributed by atoms with van der Waals surface area (Å²) in [4.78, 5) is 0. The van der Waals surface area contributed by atoms with Crippen LogP contribution in [-0.2, 0) is 0 Å². The molecule has 0 spiro atoms. The van der Waals surface area contributed by atoms with Crippen LogP contribution >= 0.6 is 0 Å². The van der Waals surface area contributed by atoms with Crippen LogP contribution in [0.2, 0.25) is 19.1 Å². The van der Waals surface area contributed by atoms with E-state index >= 15 is 0 Å². The van der Waals surface area contributed by atoms with E-state index in [0.717, 1.165) is 0 Å². The first-order valence-corrected chi connectivity index (χ1v) is 11.2. The van der Waals surface area contributed by atoms with Gasteiger partial charge in [0.05, 0.1) is 8.07 Å². The van der Waals surface area contributed by atoms with E-state index in [-0.39, 0.29) is 6.42 Å². The van der Waals surface area contributed by atoms with Crippen molar-refractivity contribution in [2.75, 3.05) is 0 Å². The lowest BCUT2D eigenvalue weighted by molar-refractivity contribution is -0.439. The molecule has 1 nitrogen and oxygen atoms in total. The SMILES string of the molecule is CCC(C)(N)[Si](C)(C)CCC(F)(F)C(F)(F)C(F)(F)C(F)(F)C(F)(F)C(F)(F)F. The van der Waals surface area contributed by atoms with E-state index in [4.69, 9.17) is 5.73 Å². The molecule has 0 aromatic heterocycles. The molecule has 0 aromatic rings. The van der Waals surface area contributed by atoms with Gasteiger partial charge in [-0.1, -0.05) is 20.0 Å². The Balaban J connectivity index is 6.07.